The summed E-state index contributed by atoms with van der Waals surface area (Å²) in [7, 11) is 0. The molecule has 19 heavy (non-hydrogen) atoms. The lowest BCUT2D eigenvalue weighted by atomic mass is 9.68. The first-order chi connectivity index (χ1) is 8.97. The minimum atomic E-state index is 0.316. The first-order valence-electron chi connectivity index (χ1n) is 8.22. The third kappa shape index (κ3) is 4.30. The van der Waals surface area contributed by atoms with Crippen molar-refractivity contribution in [1.29, 1.82) is 0 Å². The number of rotatable bonds is 2. The molecule has 0 radical (unpaired) electrons. The van der Waals surface area contributed by atoms with Crippen molar-refractivity contribution in [2.75, 3.05) is 19.6 Å². The first kappa shape index (κ1) is 15.0. The lowest BCUT2D eigenvalue weighted by Gasteiger charge is -2.38. The normalized spacial score (nSPS) is 31.2. The maximum atomic E-state index is 12.2. The molecule has 1 aliphatic carbocycles. The van der Waals surface area contributed by atoms with Crippen LogP contribution in [0, 0.1) is 17.3 Å². The van der Waals surface area contributed by atoms with Crippen LogP contribution in [0.2, 0.25) is 0 Å². The van der Waals surface area contributed by atoms with E-state index in [1.54, 1.807) is 0 Å². The number of likely N-dealkylation sites (tertiary alicyclic amines) is 1. The van der Waals surface area contributed by atoms with E-state index in [4.69, 9.17) is 0 Å². The van der Waals surface area contributed by atoms with Crippen molar-refractivity contribution in [3.63, 3.8) is 0 Å². The molecule has 0 spiro atoms. The number of carbonyl (C=O) groups excluding carboxylic acids is 1. The summed E-state index contributed by atoms with van der Waals surface area (Å²) in [5.74, 6) is 1.57. The highest BCUT2D eigenvalue weighted by atomic mass is 16.1. The van der Waals surface area contributed by atoms with Crippen LogP contribution in [-0.2, 0) is 4.79 Å². The van der Waals surface area contributed by atoms with Gasteiger partial charge in [0.05, 0.1) is 0 Å². The Bertz CT molecular complexity index is 297. The molecule has 1 saturated carbocycles. The minimum Gasteiger partial charge on any atom is -0.303 e. The van der Waals surface area contributed by atoms with Crippen LogP contribution in [0.15, 0.2) is 0 Å². The van der Waals surface area contributed by atoms with E-state index in [1.165, 1.54) is 38.8 Å². The summed E-state index contributed by atoms with van der Waals surface area (Å²) in [5, 5.41) is 0. The molecule has 2 aliphatic rings. The highest BCUT2D eigenvalue weighted by molar-refractivity contribution is 5.82. The van der Waals surface area contributed by atoms with Gasteiger partial charge in [-0.1, -0.05) is 33.6 Å². The van der Waals surface area contributed by atoms with Crippen molar-refractivity contribution in [1.82, 2.24) is 4.90 Å². The fourth-order valence-corrected chi connectivity index (χ4v) is 3.71. The van der Waals surface area contributed by atoms with Crippen LogP contribution >= 0.6 is 0 Å². The summed E-state index contributed by atoms with van der Waals surface area (Å²) >= 11 is 0. The van der Waals surface area contributed by atoms with Crippen molar-refractivity contribution in [2.45, 2.75) is 65.7 Å². The summed E-state index contributed by atoms with van der Waals surface area (Å²) in [6.07, 6.45) is 8.45. The van der Waals surface area contributed by atoms with Gasteiger partial charge in [-0.05, 0) is 50.1 Å². The van der Waals surface area contributed by atoms with Crippen LogP contribution in [0.5, 0.6) is 0 Å². The smallest absolute Gasteiger partial charge is 0.137 e. The van der Waals surface area contributed by atoms with Crippen molar-refractivity contribution < 1.29 is 4.79 Å². The fraction of sp³-hybridized carbons (Fsp3) is 0.941. The van der Waals surface area contributed by atoms with Gasteiger partial charge < -0.3 is 4.90 Å². The molecule has 2 rings (SSSR count). The molecule has 2 unspecified atom stereocenters. The van der Waals surface area contributed by atoms with Gasteiger partial charge in [-0.25, -0.2) is 0 Å². The lowest BCUT2D eigenvalue weighted by Crippen LogP contribution is -2.39. The molecule has 0 bridgehead atoms. The summed E-state index contributed by atoms with van der Waals surface area (Å²) in [5.41, 5.74) is 0.359. The Hall–Kier alpha value is -0.370. The van der Waals surface area contributed by atoms with Crippen molar-refractivity contribution >= 4 is 5.78 Å². The Morgan fingerprint density at radius 2 is 1.74 bits per heavy atom. The average Bonchev–Trinajstić information content (AvgIpc) is 2.59. The maximum absolute atomic E-state index is 12.2. The number of hydrogen-bond acceptors (Lipinski definition) is 2. The van der Waals surface area contributed by atoms with Crippen LogP contribution < -0.4 is 0 Å². The molecule has 2 nitrogen and oxygen atoms in total. The second-order valence-electron chi connectivity index (χ2n) is 7.72. The molecule has 0 aromatic carbocycles. The molecule has 110 valence electrons. The van der Waals surface area contributed by atoms with Crippen molar-refractivity contribution in [2.24, 2.45) is 17.3 Å². The van der Waals surface area contributed by atoms with Crippen LogP contribution in [0.1, 0.15) is 65.7 Å². The van der Waals surface area contributed by atoms with E-state index in [-0.39, 0.29) is 0 Å². The zero-order valence-electron chi connectivity index (χ0n) is 13.1. The van der Waals surface area contributed by atoms with E-state index in [2.05, 4.69) is 25.7 Å². The second kappa shape index (κ2) is 6.39. The van der Waals surface area contributed by atoms with E-state index >= 15 is 0 Å². The molecule has 1 heterocycles. The van der Waals surface area contributed by atoms with E-state index in [0.29, 0.717) is 17.1 Å². The Morgan fingerprint density at radius 1 is 1.11 bits per heavy atom. The topological polar surface area (TPSA) is 20.3 Å². The summed E-state index contributed by atoms with van der Waals surface area (Å²) < 4.78 is 0. The number of carbonyl (C=O) groups is 1. The minimum absolute atomic E-state index is 0.316. The van der Waals surface area contributed by atoms with Gasteiger partial charge in [0.15, 0.2) is 0 Å². The largest absolute Gasteiger partial charge is 0.303 e. The Balaban J connectivity index is 1.91. The standard InChI is InChI=1S/C17H31NO/c1-17(2,3)15-8-9-16(19)14(12-15)13-18-10-6-4-5-7-11-18/h14-15H,4-13H2,1-3H3. The summed E-state index contributed by atoms with van der Waals surface area (Å²) in [4.78, 5) is 14.8. The van der Waals surface area contributed by atoms with E-state index in [0.717, 1.165) is 31.7 Å². The average molecular weight is 265 g/mol. The number of Topliss-reactive ketones (excluding diaryl/α,β-unsaturated/α-hetero) is 1. The summed E-state index contributed by atoms with van der Waals surface area (Å²) in [6.45, 7) is 10.4. The monoisotopic (exact) mass is 265 g/mol. The summed E-state index contributed by atoms with van der Waals surface area (Å²) in [6, 6.07) is 0. The van der Waals surface area contributed by atoms with Gasteiger partial charge in [0.25, 0.3) is 0 Å². The van der Waals surface area contributed by atoms with Crippen molar-refractivity contribution in [3.05, 3.63) is 0 Å². The predicted octanol–water partition coefficient (Wildman–Crippen LogP) is 3.89. The molecular weight excluding hydrogens is 234 g/mol. The third-order valence-corrected chi connectivity index (χ3v) is 5.17. The van der Waals surface area contributed by atoms with Crippen LogP contribution in [0.3, 0.4) is 0 Å². The SMILES string of the molecule is CC(C)(C)C1CCC(=O)C(CN2CCCCCC2)C1. The predicted molar refractivity (Wildman–Crippen MR) is 80.2 cm³/mol. The van der Waals surface area contributed by atoms with Crippen molar-refractivity contribution in [3.8, 4) is 0 Å². The molecule has 2 fully saturated rings. The van der Waals surface area contributed by atoms with Gasteiger partial charge in [0.1, 0.15) is 5.78 Å². The number of hydrogen-bond donors (Lipinski definition) is 0. The number of ketones is 1. The molecule has 0 aromatic heterocycles. The van der Waals surface area contributed by atoms with Gasteiger partial charge in [-0.3, -0.25) is 4.79 Å². The zero-order valence-corrected chi connectivity index (χ0v) is 13.1. The molecule has 0 aromatic rings. The maximum Gasteiger partial charge on any atom is 0.137 e. The quantitative estimate of drug-likeness (QED) is 0.755. The molecule has 2 heteroatoms. The van der Waals surface area contributed by atoms with Crippen LogP contribution in [0.25, 0.3) is 0 Å². The van der Waals surface area contributed by atoms with Gasteiger partial charge in [-0.15, -0.1) is 0 Å². The Kier molecular flexibility index (Phi) is 5.05. The van der Waals surface area contributed by atoms with Crippen LogP contribution in [-0.4, -0.2) is 30.3 Å². The first-order valence-corrected chi connectivity index (χ1v) is 8.22. The zero-order chi connectivity index (χ0) is 13.9. The van der Waals surface area contributed by atoms with Gasteiger partial charge in [-0.2, -0.15) is 0 Å². The second-order valence-corrected chi connectivity index (χ2v) is 7.72. The van der Waals surface area contributed by atoms with E-state index in [9.17, 15) is 4.79 Å². The molecule has 2 atom stereocenters. The molecule has 1 saturated heterocycles. The third-order valence-electron chi connectivity index (χ3n) is 5.17. The molecule has 0 amide bonds. The molecular formula is C17H31NO. The van der Waals surface area contributed by atoms with Gasteiger partial charge in [0.2, 0.25) is 0 Å². The van der Waals surface area contributed by atoms with E-state index < -0.39 is 0 Å². The van der Waals surface area contributed by atoms with Crippen LogP contribution in [0.4, 0.5) is 0 Å². The molecule has 0 N–H and O–H groups in total. The fourth-order valence-electron chi connectivity index (χ4n) is 3.71. The van der Waals surface area contributed by atoms with Gasteiger partial charge >= 0.3 is 0 Å². The highest BCUT2D eigenvalue weighted by Crippen LogP contribution is 2.39. The lowest BCUT2D eigenvalue weighted by molar-refractivity contribution is -0.127. The molecule has 1 aliphatic heterocycles. The van der Waals surface area contributed by atoms with E-state index in [1.807, 2.05) is 0 Å². The Morgan fingerprint density at radius 3 is 2.32 bits per heavy atom. The van der Waals surface area contributed by atoms with Gasteiger partial charge in [0, 0.05) is 18.9 Å². The Labute approximate surface area is 118 Å². The highest BCUT2D eigenvalue weighted by Gasteiger charge is 2.35. The number of nitrogens with zero attached hydrogens (tertiary/aromatic N) is 1.